The Hall–Kier alpha value is -3.53. The maximum absolute atomic E-state index is 13.0. The van der Waals surface area contributed by atoms with E-state index in [-0.39, 0.29) is 34.1 Å². The van der Waals surface area contributed by atoms with Crippen LogP contribution in [0.3, 0.4) is 0 Å². The molecular formula is C21H16N2O2. The van der Waals surface area contributed by atoms with Crippen molar-refractivity contribution in [3.63, 3.8) is 0 Å². The first-order chi connectivity index (χ1) is 12.1. The van der Waals surface area contributed by atoms with E-state index in [0.29, 0.717) is 11.1 Å². The minimum absolute atomic E-state index is 0.162. The lowest BCUT2D eigenvalue weighted by atomic mass is 9.89. The molecule has 0 aliphatic carbocycles. The number of nitrogen functional groups attached to an aromatic ring is 1. The number of ketones is 2. The van der Waals surface area contributed by atoms with Crippen molar-refractivity contribution in [1.29, 1.82) is 5.41 Å². The third-order valence-electron chi connectivity index (χ3n) is 3.90. The Morgan fingerprint density at radius 1 is 0.640 bits per heavy atom. The molecule has 3 aromatic rings. The van der Waals surface area contributed by atoms with E-state index in [1.54, 1.807) is 66.7 Å². The summed E-state index contributed by atoms with van der Waals surface area (Å²) in [4.78, 5) is 25.9. The lowest BCUT2D eigenvalue weighted by Gasteiger charge is -2.13. The van der Waals surface area contributed by atoms with Gasteiger partial charge in [0.15, 0.2) is 11.6 Å². The van der Waals surface area contributed by atoms with Crippen LogP contribution in [0, 0.1) is 5.41 Å². The van der Waals surface area contributed by atoms with Crippen molar-refractivity contribution in [3.05, 3.63) is 107 Å². The van der Waals surface area contributed by atoms with Crippen LogP contribution in [0.4, 0.5) is 0 Å². The second-order valence-electron chi connectivity index (χ2n) is 5.53. The van der Waals surface area contributed by atoms with Gasteiger partial charge in [-0.2, -0.15) is 0 Å². The van der Waals surface area contributed by atoms with E-state index < -0.39 is 0 Å². The maximum atomic E-state index is 13.0. The van der Waals surface area contributed by atoms with Gasteiger partial charge in [-0.1, -0.05) is 78.9 Å². The summed E-state index contributed by atoms with van der Waals surface area (Å²) in [6, 6.07) is 22.2. The van der Waals surface area contributed by atoms with E-state index in [2.05, 4.69) is 0 Å². The normalized spacial score (nSPS) is 10.2. The molecule has 0 saturated carbocycles. The van der Waals surface area contributed by atoms with Crippen molar-refractivity contribution in [2.75, 3.05) is 0 Å². The fourth-order valence-electron chi connectivity index (χ4n) is 2.69. The molecule has 3 N–H and O–H groups in total. The minimum Gasteiger partial charge on any atom is -0.384 e. The molecule has 3 aromatic carbocycles. The SMILES string of the molecule is N=C(N)c1cccc(C(=O)c2ccccc2)c1C(=O)c1ccccc1. The van der Waals surface area contributed by atoms with Crippen LogP contribution in [0.5, 0.6) is 0 Å². The van der Waals surface area contributed by atoms with Crippen LogP contribution in [0.25, 0.3) is 0 Å². The zero-order valence-electron chi connectivity index (χ0n) is 13.4. The van der Waals surface area contributed by atoms with Crippen molar-refractivity contribution in [3.8, 4) is 0 Å². The summed E-state index contributed by atoms with van der Waals surface area (Å²) < 4.78 is 0. The van der Waals surface area contributed by atoms with Gasteiger partial charge >= 0.3 is 0 Å². The van der Waals surface area contributed by atoms with Gasteiger partial charge < -0.3 is 5.73 Å². The van der Waals surface area contributed by atoms with Crippen molar-refractivity contribution < 1.29 is 9.59 Å². The number of carbonyl (C=O) groups is 2. The van der Waals surface area contributed by atoms with E-state index in [9.17, 15) is 9.59 Å². The first-order valence-corrected chi connectivity index (χ1v) is 7.76. The fourth-order valence-corrected chi connectivity index (χ4v) is 2.69. The highest BCUT2D eigenvalue weighted by molar-refractivity contribution is 6.23. The molecule has 0 fully saturated rings. The molecule has 0 atom stereocenters. The van der Waals surface area contributed by atoms with Crippen LogP contribution in [-0.4, -0.2) is 17.4 Å². The van der Waals surface area contributed by atoms with Crippen molar-refractivity contribution >= 4 is 17.4 Å². The smallest absolute Gasteiger partial charge is 0.194 e. The Bertz CT molecular complexity index is 948. The van der Waals surface area contributed by atoms with Crippen LogP contribution < -0.4 is 5.73 Å². The molecule has 0 amide bonds. The van der Waals surface area contributed by atoms with E-state index in [1.807, 2.05) is 12.1 Å². The zero-order chi connectivity index (χ0) is 17.8. The van der Waals surface area contributed by atoms with Gasteiger partial charge in [0.25, 0.3) is 0 Å². The molecule has 3 rings (SSSR count). The van der Waals surface area contributed by atoms with Crippen LogP contribution in [0.15, 0.2) is 78.9 Å². The molecule has 0 heterocycles. The zero-order valence-corrected chi connectivity index (χ0v) is 13.4. The molecule has 0 unspecified atom stereocenters. The second-order valence-corrected chi connectivity index (χ2v) is 5.53. The second kappa shape index (κ2) is 6.93. The molecule has 4 nitrogen and oxygen atoms in total. The first kappa shape index (κ1) is 16.3. The fraction of sp³-hybridized carbons (Fsp3) is 0. The Morgan fingerprint density at radius 3 is 1.64 bits per heavy atom. The molecule has 0 radical (unpaired) electrons. The van der Waals surface area contributed by atoms with Crippen molar-refractivity contribution in [2.45, 2.75) is 0 Å². The molecule has 122 valence electrons. The summed E-state index contributed by atoms with van der Waals surface area (Å²) in [5.41, 5.74) is 7.24. The van der Waals surface area contributed by atoms with E-state index in [1.165, 1.54) is 0 Å². The number of carbonyl (C=O) groups excluding carboxylic acids is 2. The standard InChI is InChI=1S/C21H16N2O2/c22-21(23)17-13-7-12-16(19(24)14-8-3-1-4-9-14)18(17)20(25)15-10-5-2-6-11-15/h1-13H,(H3,22,23). The maximum Gasteiger partial charge on any atom is 0.194 e. The number of rotatable bonds is 5. The summed E-state index contributed by atoms with van der Waals surface area (Å²) in [5, 5.41) is 7.79. The highest BCUT2D eigenvalue weighted by atomic mass is 16.1. The van der Waals surface area contributed by atoms with Crippen molar-refractivity contribution in [2.24, 2.45) is 5.73 Å². The number of nitrogens with one attached hydrogen (secondary N) is 1. The number of hydrogen-bond acceptors (Lipinski definition) is 3. The Labute approximate surface area is 145 Å². The minimum atomic E-state index is -0.328. The monoisotopic (exact) mass is 328 g/mol. The largest absolute Gasteiger partial charge is 0.384 e. The molecule has 0 bridgehead atoms. The van der Waals surface area contributed by atoms with Gasteiger partial charge in [0.2, 0.25) is 0 Å². The third-order valence-corrected chi connectivity index (χ3v) is 3.90. The highest BCUT2D eigenvalue weighted by Gasteiger charge is 2.23. The first-order valence-electron chi connectivity index (χ1n) is 7.76. The Morgan fingerprint density at radius 2 is 1.12 bits per heavy atom. The molecule has 0 saturated heterocycles. The van der Waals surface area contributed by atoms with Crippen LogP contribution in [0.2, 0.25) is 0 Å². The van der Waals surface area contributed by atoms with Gasteiger partial charge in [0.1, 0.15) is 5.84 Å². The van der Waals surface area contributed by atoms with Crippen LogP contribution in [0.1, 0.15) is 37.4 Å². The average Bonchev–Trinajstić information content (AvgIpc) is 2.67. The van der Waals surface area contributed by atoms with Gasteiger partial charge in [-0.25, -0.2) is 0 Å². The number of nitrogens with two attached hydrogens (primary N) is 1. The predicted molar refractivity (Wildman–Crippen MR) is 97.2 cm³/mol. The van der Waals surface area contributed by atoms with Crippen LogP contribution in [-0.2, 0) is 0 Å². The molecule has 4 heteroatoms. The van der Waals surface area contributed by atoms with E-state index in [4.69, 9.17) is 11.1 Å². The summed E-state index contributed by atoms with van der Waals surface area (Å²) >= 11 is 0. The van der Waals surface area contributed by atoms with Crippen LogP contribution >= 0.6 is 0 Å². The van der Waals surface area contributed by atoms with Gasteiger partial charge in [0, 0.05) is 27.8 Å². The lowest BCUT2D eigenvalue weighted by Crippen LogP contribution is -2.20. The Kier molecular flexibility index (Phi) is 4.53. The topological polar surface area (TPSA) is 84.0 Å². The quantitative estimate of drug-likeness (QED) is 0.427. The van der Waals surface area contributed by atoms with Gasteiger partial charge in [-0.3, -0.25) is 15.0 Å². The summed E-state index contributed by atoms with van der Waals surface area (Å²) in [5.74, 6) is -0.851. The predicted octanol–water partition coefficient (Wildman–Crippen LogP) is 3.43. The summed E-state index contributed by atoms with van der Waals surface area (Å²) in [6.07, 6.45) is 0. The van der Waals surface area contributed by atoms with E-state index >= 15 is 0 Å². The number of hydrogen-bond donors (Lipinski definition) is 2. The number of benzene rings is 3. The van der Waals surface area contributed by atoms with Gasteiger partial charge in [0.05, 0.1) is 0 Å². The third kappa shape index (κ3) is 3.23. The van der Waals surface area contributed by atoms with E-state index in [0.717, 1.165) is 0 Å². The molecule has 0 aliphatic heterocycles. The molecule has 0 aliphatic rings. The van der Waals surface area contributed by atoms with Gasteiger partial charge in [-0.15, -0.1) is 0 Å². The molecule has 25 heavy (non-hydrogen) atoms. The van der Waals surface area contributed by atoms with Gasteiger partial charge in [-0.05, 0) is 0 Å². The average molecular weight is 328 g/mol. The molecule has 0 spiro atoms. The summed E-state index contributed by atoms with van der Waals surface area (Å²) in [7, 11) is 0. The lowest BCUT2D eigenvalue weighted by molar-refractivity contribution is 0.100. The molecule has 0 aromatic heterocycles. The molecular weight excluding hydrogens is 312 g/mol. The Balaban J connectivity index is 2.20. The summed E-state index contributed by atoms with van der Waals surface area (Å²) in [6.45, 7) is 0. The van der Waals surface area contributed by atoms with Crippen molar-refractivity contribution in [1.82, 2.24) is 0 Å². The highest BCUT2D eigenvalue weighted by Crippen LogP contribution is 2.22. The number of amidine groups is 1.